The van der Waals surface area contributed by atoms with Crippen molar-refractivity contribution in [2.24, 2.45) is 0 Å². The minimum atomic E-state index is -1.11. The van der Waals surface area contributed by atoms with Gasteiger partial charge < -0.3 is 19.3 Å². The van der Waals surface area contributed by atoms with Crippen molar-refractivity contribution in [3.05, 3.63) is 36.0 Å². The van der Waals surface area contributed by atoms with Crippen LogP contribution in [0.25, 0.3) is 0 Å². The predicted molar refractivity (Wildman–Crippen MR) is 131 cm³/mol. The van der Waals surface area contributed by atoms with E-state index < -0.39 is 24.6 Å². The fourth-order valence-electron chi connectivity index (χ4n) is 5.77. The van der Waals surface area contributed by atoms with Gasteiger partial charge in [0, 0.05) is 57.7 Å². The van der Waals surface area contributed by atoms with Crippen molar-refractivity contribution in [3.8, 4) is 0 Å². The molecular weight excluding hydrogens is 451 g/mol. The topological polar surface area (TPSA) is 74.3 Å². The van der Waals surface area contributed by atoms with Crippen LogP contribution >= 0.6 is 0 Å². The highest BCUT2D eigenvalue weighted by Crippen LogP contribution is 2.44. The van der Waals surface area contributed by atoms with Gasteiger partial charge in [-0.25, -0.2) is 9.18 Å². The van der Waals surface area contributed by atoms with Crippen LogP contribution in [0.3, 0.4) is 0 Å². The Hall–Kier alpha value is -2.65. The molecule has 8 nitrogen and oxygen atoms in total. The van der Waals surface area contributed by atoms with Crippen molar-refractivity contribution in [2.45, 2.75) is 76.0 Å². The molecule has 1 aliphatic carbocycles. The third-order valence-electron chi connectivity index (χ3n) is 7.63. The Labute approximate surface area is 206 Å². The number of carbonyl (C=O) groups is 2. The van der Waals surface area contributed by atoms with E-state index in [1.807, 2.05) is 19.1 Å². The van der Waals surface area contributed by atoms with Crippen LogP contribution in [0.5, 0.6) is 0 Å². The van der Waals surface area contributed by atoms with Crippen molar-refractivity contribution >= 4 is 23.4 Å². The lowest BCUT2D eigenvalue weighted by Gasteiger charge is -2.41. The van der Waals surface area contributed by atoms with Gasteiger partial charge in [-0.2, -0.15) is 0 Å². The predicted octanol–water partition coefficient (Wildman–Crippen LogP) is 3.52. The van der Waals surface area contributed by atoms with Gasteiger partial charge in [0.05, 0.1) is 17.4 Å². The number of piperidine rings is 1. The molecule has 1 N–H and O–H groups in total. The summed E-state index contributed by atoms with van der Waals surface area (Å²) < 4.78 is 25.2. The first-order valence-corrected chi connectivity index (χ1v) is 12.5. The number of allylic oxidation sites excluding steroid dienone is 1. The van der Waals surface area contributed by atoms with Crippen LogP contribution in [0.2, 0.25) is 0 Å². The van der Waals surface area contributed by atoms with Crippen molar-refractivity contribution in [1.82, 2.24) is 10.2 Å². The molecule has 1 aromatic rings. The normalized spacial score (nSPS) is 30.9. The van der Waals surface area contributed by atoms with Gasteiger partial charge >= 0.3 is 6.09 Å². The lowest BCUT2D eigenvalue weighted by Crippen LogP contribution is -2.55. The Morgan fingerprint density at radius 1 is 1.20 bits per heavy atom. The number of hydrogen-bond donors (Lipinski definition) is 1. The summed E-state index contributed by atoms with van der Waals surface area (Å²) in [6.07, 6.45) is 0.425. The molecule has 0 radical (unpaired) electrons. The van der Waals surface area contributed by atoms with Gasteiger partial charge in [-0.1, -0.05) is 12.6 Å². The van der Waals surface area contributed by atoms with Crippen molar-refractivity contribution in [3.63, 3.8) is 0 Å². The molecule has 190 valence electrons. The van der Waals surface area contributed by atoms with Crippen molar-refractivity contribution < 1.29 is 23.5 Å². The van der Waals surface area contributed by atoms with E-state index in [4.69, 9.17) is 9.47 Å². The first kappa shape index (κ1) is 24.1. The third kappa shape index (κ3) is 4.63. The quantitative estimate of drug-likeness (QED) is 0.702. The first-order valence-electron chi connectivity index (χ1n) is 12.5. The van der Waals surface area contributed by atoms with E-state index >= 15 is 0 Å². The molecule has 4 unspecified atom stereocenters. The number of halogens is 1. The largest absolute Gasteiger partial charge is 0.441 e. The van der Waals surface area contributed by atoms with Crippen LogP contribution in [-0.2, 0) is 14.3 Å². The summed E-state index contributed by atoms with van der Waals surface area (Å²) >= 11 is 0. The van der Waals surface area contributed by atoms with Gasteiger partial charge in [-0.05, 0) is 43.9 Å². The van der Waals surface area contributed by atoms with E-state index in [-0.39, 0.29) is 37.4 Å². The lowest BCUT2D eigenvalue weighted by atomic mass is 9.95. The highest BCUT2D eigenvalue weighted by atomic mass is 19.1. The zero-order valence-corrected chi connectivity index (χ0v) is 20.7. The highest BCUT2D eigenvalue weighted by Gasteiger charge is 2.40. The van der Waals surface area contributed by atoms with E-state index in [2.05, 4.69) is 22.9 Å². The number of likely N-dealkylation sites (tertiary alicyclic amines) is 1. The average Bonchev–Trinajstić information content (AvgIpc) is 3.59. The Balaban J connectivity index is 1.43. The molecule has 1 saturated carbocycles. The Morgan fingerprint density at radius 2 is 1.97 bits per heavy atom. The van der Waals surface area contributed by atoms with Gasteiger partial charge in [0.2, 0.25) is 5.91 Å². The van der Waals surface area contributed by atoms with Gasteiger partial charge in [0.25, 0.3) is 0 Å². The number of benzene rings is 1. The smallest absolute Gasteiger partial charge is 0.414 e. The van der Waals surface area contributed by atoms with Gasteiger partial charge in [-0.3, -0.25) is 15.0 Å². The van der Waals surface area contributed by atoms with E-state index in [1.54, 1.807) is 9.80 Å². The number of methoxy groups -OCH3 is 1. The molecule has 2 saturated heterocycles. The summed E-state index contributed by atoms with van der Waals surface area (Å²) in [7, 11) is 1.51. The van der Waals surface area contributed by atoms with E-state index in [0.717, 1.165) is 18.5 Å². The molecule has 9 heteroatoms. The molecule has 5 rings (SSSR count). The van der Waals surface area contributed by atoms with Crippen molar-refractivity contribution in [1.29, 1.82) is 0 Å². The fraction of sp³-hybridized carbons (Fsp3) is 0.615. The lowest BCUT2D eigenvalue weighted by molar-refractivity contribution is -0.117. The summed E-state index contributed by atoms with van der Waals surface area (Å²) in [5.74, 6) is 0.203. The number of amides is 2. The highest BCUT2D eigenvalue weighted by molar-refractivity contribution is 6.02. The average molecular weight is 487 g/mol. The molecule has 4 aliphatic rings. The van der Waals surface area contributed by atoms with Crippen LogP contribution in [0, 0.1) is 0 Å². The molecule has 3 heterocycles. The summed E-state index contributed by atoms with van der Waals surface area (Å²) in [6, 6.07) is 6.39. The second kappa shape index (κ2) is 9.43. The Kier molecular flexibility index (Phi) is 6.48. The standard InChI is InChI=1S/C26H35FN4O4/c1-15-9-19(14-29(15)21-6-7-21)18-5-8-22-23(10-18)30(13-16(2)31(22)17(3)32)26(33)35-24-11-20(27)12-28-25(24)34-4/h5,8,10,16,19-21,24-25,28H,1,6-7,9,11-14H2,2-4H3/t16-,19?,20?,24?,25?/m0/s1. The second-order valence-corrected chi connectivity index (χ2v) is 10.3. The molecule has 0 bridgehead atoms. The Bertz CT molecular complexity index is 1020. The summed E-state index contributed by atoms with van der Waals surface area (Å²) in [4.78, 5) is 31.6. The summed E-state index contributed by atoms with van der Waals surface area (Å²) in [5, 5.41) is 2.94. The molecule has 3 aliphatic heterocycles. The second-order valence-electron chi connectivity index (χ2n) is 10.3. The molecule has 0 aromatic heterocycles. The number of nitrogens with zero attached hydrogens (tertiary/aromatic N) is 3. The van der Waals surface area contributed by atoms with Crippen molar-refractivity contribution in [2.75, 3.05) is 36.5 Å². The number of anilines is 2. The zero-order valence-electron chi connectivity index (χ0n) is 20.7. The van der Waals surface area contributed by atoms with Crippen LogP contribution in [0.15, 0.2) is 30.5 Å². The molecular formula is C26H35FN4O4. The first-order chi connectivity index (χ1) is 16.8. The zero-order chi connectivity index (χ0) is 24.9. The number of carbonyl (C=O) groups excluding carboxylic acids is 2. The molecule has 3 fully saturated rings. The van der Waals surface area contributed by atoms with Gasteiger partial charge in [0.15, 0.2) is 0 Å². The van der Waals surface area contributed by atoms with Crippen LogP contribution in [0.1, 0.15) is 51.0 Å². The fourth-order valence-corrected chi connectivity index (χ4v) is 5.77. The third-order valence-corrected chi connectivity index (χ3v) is 7.63. The minimum absolute atomic E-state index is 0.0777. The molecule has 1 aromatic carbocycles. The monoisotopic (exact) mass is 486 g/mol. The maximum atomic E-state index is 14.0. The summed E-state index contributed by atoms with van der Waals surface area (Å²) in [5.41, 5.74) is 3.61. The number of ether oxygens (including phenoxy) is 2. The minimum Gasteiger partial charge on any atom is -0.441 e. The maximum Gasteiger partial charge on any atom is 0.414 e. The summed E-state index contributed by atoms with van der Waals surface area (Å²) in [6.45, 7) is 9.09. The molecule has 35 heavy (non-hydrogen) atoms. The number of hydrogen-bond acceptors (Lipinski definition) is 6. The maximum absolute atomic E-state index is 14.0. The van der Waals surface area contributed by atoms with E-state index in [1.165, 1.54) is 32.6 Å². The van der Waals surface area contributed by atoms with E-state index in [9.17, 15) is 14.0 Å². The van der Waals surface area contributed by atoms with Crippen LogP contribution in [-0.4, -0.2) is 74.2 Å². The van der Waals surface area contributed by atoms with E-state index in [0.29, 0.717) is 17.4 Å². The number of alkyl halides is 1. The molecule has 5 atom stereocenters. The number of rotatable bonds is 4. The number of fused-ring (bicyclic) bond motifs is 1. The molecule has 0 spiro atoms. The molecule has 2 amide bonds. The van der Waals surface area contributed by atoms with Gasteiger partial charge in [0.1, 0.15) is 18.5 Å². The Morgan fingerprint density at radius 3 is 2.66 bits per heavy atom. The SMILES string of the molecule is C=C1CC(c2ccc3c(c2)N(C(=O)OC2CC(F)CNC2OC)C[C@H](C)N3C(C)=O)CN1C1CC1. The van der Waals surface area contributed by atoms with Gasteiger partial charge in [-0.15, -0.1) is 0 Å². The van der Waals surface area contributed by atoms with Crippen LogP contribution in [0.4, 0.5) is 20.6 Å². The van der Waals surface area contributed by atoms with Crippen LogP contribution < -0.4 is 15.1 Å². The number of nitrogens with one attached hydrogen (secondary N) is 1.